The van der Waals surface area contributed by atoms with E-state index in [-0.39, 0.29) is 17.7 Å². The number of aryl methyl sites for hydroxylation is 1. The van der Waals surface area contributed by atoms with Crippen molar-refractivity contribution in [3.05, 3.63) is 59.4 Å². The van der Waals surface area contributed by atoms with Crippen LogP contribution >= 0.6 is 0 Å². The van der Waals surface area contributed by atoms with Crippen LogP contribution in [0.2, 0.25) is 0 Å². The summed E-state index contributed by atoms with van der Waals surface area (Å²) in [5, 5.41) is 0. The molecule has 5 nitrogen and oxygen atoms in total. The lowest BCUT2D eigenvalue weighted by atomic mass is 10.0. The molecule has 2 rings (SSSR count). The summed E-state index contributed by atoms with van der Waals surface area (Å²) >= 11 is 0. The number of unbranched alkanes of at least 4 members (excludes halogenated alkanes) is 5. The SMILES string of the molecule is CCCCCN(CCCCC)c1ccc(/C=C/c2cc[n+](CCCCS(=O)(=O)[O-])cc2)c(C(F)(F)F)c1. The predicted molar refractivity (Wildman–Crippen MR) is 142 cm³/mol. The molecule has 0 atom stereocenters. The average Bonchev–Trinajstić information content (AvgIpc) is 2.84. The highest BCUT2D eigenvalue weighted by atomic mass is 32.2. The van der Waals surface area contributed by atoms with Crippen LogP contribution in [0.4, 0.5) is 18.9 Å². The van der Waals surface area contributed by atoms with Crippen LogP contribution < -0.4 is 9.47 Å². The van der Waals surface area contributed by atoms with Crippen molar-refractivity contribution >= 4 is 28.0 Å². The third kappa shape index (κ3) is 11.7. The lowest BCUT2D eigenvalue weighted by Gasteiger charge is -2.26. The fourth-order valence-electron chi connectivity index (χ4n) is 4.10. The molecule has 0 fully saturated rings. The summed E-state index contributed by atoms with van der Waals surface area (Å²) < 4.78 is 75.9. The first-order valence-corrected chi connectivity index (χ1v) is 14.7. The van der Waals surface area contributed by atoms with Gasteiger partial charge in [-0.3, -0.25) is 0 Å². The summed E-state index contributed by atoms with van der Waals surface area (Å²) in [6.07, 6.45) is 9.20. The first-order chi connectivity index (χ1) is 17.5. The fraction of sp³-hybridized carbons (Fsp3) is 0.536. The molecule has 9 heteroatoms. The van der Waals surface area contributed by atoms with Crippen LogP contribution in [0.15, 0.2) is 42.7 Å². The minimum Gasteiger partial charge on any atom is -0.748 e. The molecule has 0 amide bonds. The van der Waals surface area contributed by atoms with E-state index in [0.717, 1.165) is 57.2 Å². The first kappa shape index (κ1) is 30.8. The smallest absolute Gasteiger partial charge is 0.417 e. The molecule has 0 aliphatic carbocycles. The minimum atomic E-state index is -4.47. The highest BCUT2D eigenvalue weighted by Crippen LogP contribution is 2.35. The van der Waals surface area contributed by atoms with E-state index >= 15 is 0 Å². The van der Waals surface area contributed by atoms with E-state index < -0.39 is 21.9 Å². The number of nitrogens with zero attached hydrogens (tertiary/aromatic N) is 2. The summed E-state index contributed by atoms with van der Waals surface area (Å²) in [6.45, 7) is 6.28. The highest BCUT2D eigenvalue weighted by molar-refractivity contribution is 7.85. The van der Waals surface area contributed by atoms with Gasteiger partial charge in [-0.05, 0) is 42.5 Å². The zero-order valence-electron chi connectivity index (χ0n) is 21.8. The topological polar surface area (TPSA) is 64.3 Å². The van der Waals surface area contributed by atoms with Gasteiger partial charge in [-0.25, -0.2) is 13.0 Å². The number of pyridine rings is 1. The summed E-state index contributed by atoms with van der Waals surface area (Å²) in [5.41, 5.74) is 0.837. The molecule has 1 aromatic heterocycles. The van der Waals surface area contributed by atoms with Crippen LogP contribution in [-0.4, -0.2) is 31.8 Å². The third-order valence-corrected chi connectivity index (χ3v) is 6.99. The van der Waals surface area contributed by atoms with Crippen molar-refractivity contribution in [1.29, 1.82) is 0 Å². The summed E-state index contributed by atoms with van der Waals surface area (Å²) in [4.78, 5) is 2.08. The lowest BCUT2D eigenvalue weighted by Crippen LogP contribution is -2.32. The Balaban J connectivity index is 2.15. The third-order valence-electron chi connectivity index (χ3n) is 6.20. The van der Waals surface area contributed by atoms with Gasteiger partial charge < -0.3 is 9.45 Å². The Morgan fingerprint density at radius 3 is 2.05 bits per heavy atom. The molecule has 2 aromatic rings. The molecule has 0 aliphatic rings. The maximum Gasteiger partial charge on any atom is 0.417 e. The van der Waals surface area contributed by atoms with Crippen LogP contribution in [0.1, 0.15) is 81.9 Å². The van der Waals surface area contributed by atoms with Crippen LogP contribution in [-0.2, 0) is 22.8 Å². The number of hydrogen-bond acceptors (Lipinski definition) is 4. The van der Waals surface area contributed by atoms with Gasteiger partial charge in [-0.1, -0.05) is 57.7 Å². The average molecular weight is 541 g/mol. The second kappa shape index (κ2) is 15.1. The predicted octanol–water partition coefficient (Wildman–Crippen LogP) is 6.68. The molecule has 37 heavy (non-hydrogen) atoms. The Labute approximate surface area is 219 Å². The second-order valence-electron chi connectivity index (χ2n) is 9.34. The number of anilines is 1. The number of rotatable bonds is 16. The van der Waals surface area contributed by atoms with Crippen LogP contribution in [0.3, 0.4) is 0 Å². The molecule has 0 spiro atoms. The fourth-order valence-corrected chi connectivity index (χ4v) is 4.65. The van der Waals surface area contributed by atoms with Crippen molar-refractivity contribution in [1.82, 2.24) is 0 Å². The van der Waals surface area contributed by atoms with Gasteiger partial charge in [0.1, 0.15) is 6.54 Å². The van der Waals surface area contributed by atoms with E-state index in [2.05, 4.69) is 18.7 Å². The minimum absolute atomic E-state index is 0.119. The molecule has 0 saturated carbocycles. The molecule has 0 aliphatic heterocycles. The normalized spacial score (nSPS) is 12.4. The zero-order chi connectivity index (χ0) is 27.3. The molecule has 0 N–H and O–H groups in total. The standard InChI is InChI=1S/C28H39F3N2O3S/c1-3-5-7-18-33(19-8-6-4-2)26-14-13-25(27(23-26)28(29,30)31)12-11-24-15-20-32(21-16-24)17-9-10-22-37(34,35)36/h11-16,20-21,23H,3-10,17-19,22H2,1-2H3. The summed E-state index contributed by atoms with van der Waals surface area (Å²) in [5.74, 6) is -0.385. The molecular weight excluding hydrogens is 501 g/mol. The number of halogens is 3. The quantitative estimate of drug-likeness (QED) is 0.135. The van der Waals surface area contributed by atoms with Crippen LogP contribution in [0.25, 0.3) is 12.2 Å². The van der Waals surface area contributed by atoms with E-state index in [1.807, 2.05) is 4.57 Å². The van der Waals surface area contributed by atoms with Gasteiger partial charge in [0.15, 0.2) is 12.4 Å². The number of benzene rings is 1. The van der Waals surface area contributed by atoms with Gasteiger partial charge >= 0.3 is 6.18 Å². The van der Waals surface area contributed by atoms with Crippen molar-refractivity contribution < 1.29 is 30.7 Å². The second-order valence-corrected chi connectivity index (χ2v) is 10.9. The highest BCUT2D eigenvalue weighted by Gasteiger charge is 2.33. The van der Waals surface area contributed by atoms with E-state index in [9.17, 15) is 26.1 Å². The maximum atomic E-state index is 14.0. The molecule has 0 saturated heterocycles. The van der Waals surface area contributed by atoms with Crippen molar-refractivity contribution in [2.45, 2.75) is 77.9 Å². The molecule has 1 aromatic carbocycles. The van der Waals surface area contributed by atoms with Gasteiger partial charge in [0.05, 0.1) is 15.7 Å². The zero-order valence-corrected chi connectivity index (χ0v) is 22.7. The maximum absolute atomic E-state index is 14.0. The van der Waals surface area contributed by atoms with Gasteiger partial charge in [0.2, 0.25) is 0 Å². The molecular formula is C28H39F3N2O3S. The summed E-state index contributed by atoms with van der Waals surface area (Å²) in [7, 11) is -4.20. The summed E-state index contributed by atoms with van der Waals surface area (Å²) in [6, 6.07) is 8.18. The Hall–Kier alpha value is -2.39. The Morgan fingerprint density at radius 2 is 1.51 bits per heavy atom. The molecule has 1 heterocycles. The van der Waals surface area contributed by atoms with Crippen molar-refractivity contribution in [2.24, 2.45) is 0 Å². The number of hydrogen-bond donors (Lipinski definition) is 0. The largest absolute Gasteiger partial charge is 0.748 e. The Bertz CT molecular complexity index is 1070. The van der Waals surface area contributed by atoms with Gasteiger partial charge in [0, 0.05) is 43.1 Å². The number of aromatic nitrogens is 1. The van der Waals surface area contributed by atoms with Gasteiger partial charge in [0.25, 0.3) is 0 Å². The first-order valence-electron chi connectivity index (χ1n) is 13.1. The number of alkyl halides is 3. The van der Waals surface area contributed by atoms with E-state index in [4.69, 9.17) is 0 Å². The van der Waals surface area contributed by atoms with Crippen molar-refractivity contribution in [2.75, 3.05) is 23.7 Å². The molecule has 0 bridgehead atoms. The lowest BCUT2D eigenvalue weighted by molar-refractivity contribution is -0.697. The molecule has 0 unspecified atom stereocenters. The van der Waals surface area contributed by atoms with Gasteiger partial charge in [-0.15, -0.1) is 0 Å². The molecule has 0 radical (unpaired) electrons. The van der Waals surface area contributed by atoms with Crippen molar-refractivity contribution in [3.8, 4) is 0 Å². The Morgan fingerprint density at radius 1 is 0.892 bits per heavy atom. The van der Waals surface area contributed by atoms with Crippen LogP contribution in [0, 0.1) is 0 Å². The van der Waals surface area contributed by atoms with Crippen LogP contribution in [0.5, 0.6) is 0 Å². The Kier molecular flexibility index (Phi) is 12.6. The molecule has 206 valence electrons. The van der Waals surface area contributed by atoms with E-state index in [1.165, 1.54) is 12.1 Å². The van der Waals surface area contributed by atoms with E-state index in [0.29, 0.717) is 18.7 Å². The van der Waals surface area contributed by atoms with E-state index in [1.54, 1.807) is 42.7 Å². The van der Waals surface area contributed by atoms with Crippen molar-refractivity contribution in [3.63, 3.8) is 0 Å². The van der Waals surface area contributed by atoms with Gasteiger partial charge in [-0.2, -0.15) is 13.2 Å². The monoisotopic (exact) mass is 540 g/mol.